The van der Waals surface area contributed by atoms with Crippen LogP contribution in [0, 0.1) is 5.92 Å². The summed E-state index contributed by atoms with van der Waals surface area (Å²) >= 11 is 0. The van der Waals surface area contributed by atoms with Gasteiger partial charge in [0.1, 0.15) is 0 Å². The van der Waals surface area contributed by atoms with Crippen LogP contribution < -0.4 is 5.32 Å². The Morgan fingerprint density at radius 1 is 1.27 bits per heavy atom. The Bertz CT molecular complexity index is 186. The molecular weight excluding hydrogens is 188 g/mol. The van der Waals surface area contributed by atoms with E-state index in [-0.39, 0.29) is 5.54 Å². The van der Waals surface area contributed by atoms with Crippen LogP contribution in [0.4, 0.5) is 0 Å². The van der Waals surface area contributed by atoms with E-state index in [9.17, 15) is 0 Å². The van der Waals surface area contributed by atoms with Crippen molar-refractivity contribution < 1.29 is 4.74 Å². The van der Waals surface area contributed by atoms with Crippen LogP contribution >= 0.6 is 0 Å². The third kappa shape index (κ3) is 2.92. The maximum absolute atomic E-state index is 5.43. The average molecular weight is 214 g/mol. The minimum absolute atomic E-state index is 0.191. The van der Waals surface area contributed by atoms with Gasteiger partial charge in [0.25, 0.3) is 0 Å². The Morgan fingerprint density at radius 3 is 2.20 bits per heavy atom. The molecule has 0 aromatic heterocycles. The molecule has 1 atom stereocenters. The lowest BCUT2D eigenvalue weighted by Crippen LogP contribution is -2.58. The highest BCUT2D eigenvalue weighted by Gasteiger charge is 2.36. The van der Waals surface area contributed by atoms with E-state index in [1.165, 1.54) is 12.8 Å². The summed E-state index contributed by atoms with van der Waals surface area (Å²) in [5, 5.41) is 3.50. The van der Waals surface area contributed by atoms with E-state index in [0.717, 1.165) is 19.1 Å². The second-order valence-electron chi connectivity index (χ2n) is 5.26. The molecule has 0 aromatic carbocycles. The highest BCUT2D eigenvalue weighted by molar-refractivity contribution is 4.95. The molecule has 3 heteroatoms. The summed E-state index contributed by atoms with van der Waals surface area (Å²) in [5.41, 5.74) is 0.191. The number of rotatable bonds is 4. The van der Waals surface area contributed by atoms with Gasteiger partial charge in [0.15, 0.2) is 0 Å². The summed E-state index contributed by atoms with van der Waals surface area (Å²) in [6.45, 7) is 6.46. The summed E-state index contributed by atoms with van der Waals surface area (Å²) in [6.07, 6.45) is 2.37. The molecule has 1 aliphatic heterocycles. The summed E-state index contributed by atoms with van der Waals surface area (Å²) in [4.78, 5) is 2.31. The van der Waals surface area contributed by atoms with Gasteiger partial charge in [-0.2, -0.15) is 0 Å². The van der Waals surface area contributed by atoms with E-state index in [4.69, 9.17) is 4.74 Å². The van der Waals surface area contributed by atoms with Gasteiger partial charge in [0.05, 0.1) is 0 Å². The summed E-state index contributed by atoms with van der Waals surface area (Å²) in [6, 6.07) is 0.538. The molecule has 1 saturated heterocycles. The zero-order chi connectivity index (χ0) is 11.5. The molecule has 0 saturated carbocycles. The van der Waals surface area contributed by atoms with Gasteiger partial charge in [-0.05, 0) is 53.8 Å². The first-order chi connectivity index (χ1) is 7.00. The lowest BCUT2D eigenvalue weighted by molar-refractivity contribution is 0.0223. The number of hydrogen-bond donors (Lipinski definition) is 1. The predicted octanol–water partition coefficient (Wildman–Crippen LogP) is 1.34. The van der Waals surface area contributed by atoms with Gasteiger partial charge in [0.2, 0.25) is 0 Å². The average Bonchev–Trinajstić information content (AvgIpc) is 2.19. The van der Waals surface area contributed by atoms with Crippen LogP contribution in [0.3, 0.4) is 0 Å². The number of likely N-dealkylation sites (N-methyl/N-ethyl adjacent to an activating group) is 2. The molecule has 15 heavy (non-hydrogen) atoms. The minimum atomic E-state index is 0.191. The normalized spacial score (nSPS) is 22.0. The van der Waals surface area contributed by atoms with Crippen LogP contribution in [0.1, 0.15) is 26.7 Å². The van der Waals surface area contributed by atoms with Gasteiger partial charge >= 0.3 is 0 Å². The lowest BCUT2D eigenvalue weighted by atomic mass is 9.79. The number of nitrogens with zero attached hydrogens (tertiary/aromatic N) is 1. The van der Waals surface area contributed by atoms with Crippen LogP contribution in [0.5, 0.6) is 0 Å². The summed E-state index contributed by atoms with van der Waals surface area (Å²) in [7, 11) is 6.39. The first-order valence-electron chi connectivity index (χ1n) is 5.92. The smallest absolute Gasteiger partial charge is 0.0469 e. The number of ether oxygens (including phenoxy) is 1. The Hall–Kier alpha value is -0.120. The fourth-order valence-electron chi connectivity index (χ4n) is 2.49. The molecule has 0 bridgehead atoms. The second kappa shape index (κ2) is 5.28. The van der Waals surface area contributed by atoms with Crippen molar-refractivity contribution in [3.05, 3.63) is 0 Å². The number of hydrogen-bond acceptors (Lipinski definition) is 3. The molecule has 1 unspecified atom stereocenters. The molecular formula is C12H26N2O. The highest BCUT2D eigenvalue weighted by atomic mass is 16.5. The van der Waals surface area contributed by atoms with Crippen LogP contribution in [0.25, 0.3) is 0 Å². The molecule has 0 aliphatic carbocycles. The monoisotopic (exact) mass is 214 g/mol. The third-order valence-electron chi connectivity index (χ3n) is 3.96. The Kier molecular flexibility index (Phi) is 4.56. The van der Waals surface area contributed by atoms with E-state index in [0.29, 0.717) is 6.04 Å². The number of nitrogens with one attached hydrogen (secondary N) is 1. The molecule has 1 fully saturated rings. The van der Waals surface area contributed by atoms with Gasteiger partial charge < -0.3 is 15.0 Å². The van der Waals surface area contributed by atoms with Crippen molar-refractivity contribution in [3.8, 4) is 0 Å². The lowest BCUT2D eigenvalue weighted by Gasteiger charge is -2.45. The van der Waals surface area contributed by atoms with Crippen molar-refractivity contribution in [1.82, 2.24) is 10.2 Å². The zero-order valence-corrected chi connectivity index (χ0v) is 10.8. The van der Waals surface area contributed by atoms with Crippen molar-refractivity contribution in [2.24, 2.45) is 5.92 Å². The molecule has 3 nitrogen and oxygen atoms in total. The molecule has 90 valence electrons. The zero-order valence-electron chi connectivity index (χ0n) is 10.8. The Morgan fingerprint density at radius 2 is 1.80 bits per heavy atom. The fraction of sp³-hybridized carbons (Fsp3) is 1.00. The van der Waals surface area contributed by atoms with Crippen molar-refractivity contribution >= 4 is 0 Å². The van der Waals surface area contributed by atoms with E-state index in [1.807, 2.05) is 0 Å². The van der Waals surface area contributed by atoms with Gasteiger partial charge in [-0.25, -0.2) is 0 Å². The molecule has 0 aromatic rings. The SMILES string of the molecule is CNC(C1CCOCC1)C(C)(C)N(C)C. The molecule has 0 amide bonds. The third-order valence-corrected chi connectivity index (χ3v) is 3.96. The highest BCUT2D eigenvalue weighted by Crippen LogP contribution is 2.28. The molecule has 1 heterocycles. The summed E-state index contributed by atoms with van der Waals surface area (Å²) < 4.78 is 5.43. The largest absolute Gasteiger partial charge is 0.381 e. The van der Waals surface area contributed by atoms with Crippen molar-refractivity contribution in [2.45, 2.75) is 38.3 Å². The standard InChI is InChI=1S/C12H26N2O/c1-12(2,14(4)5)11(13-3)10-6-8-15-9-7-10/h10-11,13H,6-9H2,1-5H3. The first kappa shape index (κ1) is 12.9. The predicted molar refractivity (Wildman–Crippen MR) is 64.2 cm³/mol. The van der Waals surface area contributed by atoms with Gasteiger partial charge in [0, 0.05) is 24.8 Å². The topological polar surface area (TPSA) is 24.5 Å². The quantitative estimate of drug-likeness (QED) is 0.764. The van der Waals surface area contributed by atoms with Crippen molar-refractivity contribution in [3.63, 3.8) is 0 Å². The first-order valence-corrected chi connectivity index (χ1v) is 5.92. The van der Waals surface area contributed by atoms with E-state index < -0.39 is 0 Å². The van der Waals surface area contributed by atoms with Crippen LogP contribution in [0.2, 0.25) is 0 Å². The molecule has 0 radical (unpaired) electrons. The van der Waals surface area contributed by atoms with Gasteiger partial charge in [-0.1, -0.05) is 0 Å². The fourth-order valence-corrected chi connectivity index (χ4v) is 2.49. The van der Waals surface area contributed by atoms with Crippen LogP contribution in [-0.2, 0) is 4.74 Å². The Labute approximate surface area is 94.2 Å². The molecule has 1 N–H and O–H groups in total. The summed E-state index contributed by atoms with van der Waals surface area (Å²) in [5.74, 6) is 0.737. The Balaban J connectivity index is 2.68. The van der Waals surface area contributed by atoms with Gasteiger partial charge in [-0.15, -0.1) is 0 Å². The van der Waals surface area contributed by atoms with Crippen LogP contribution in [-0.4, -0.2) is 50.8 Å². The minimum Gasteiger partial charge on any atom is -0.381 e. The maximum atomic E-state index is 5.43. The molecule has 0 spiro atoms. The van der Waals surface area contributed by atoms with E-state index in [2.05, 4.69) is 45.2 Å². The second-order valence-corrected chi connectivity index (χ2v) is 5.26. The van der Waals surface area contributed by atoms with E-state index >= 15 is 0 Å². The van der Waals surface area contributed by atoms with E-state index in [1.54, 1.807) is 0 Å². The van der Waals surface area contributed by atoms with Gasteiger partial charge in [-0.3, -0.25) is 0 Å². The van der Waals surface area contributed by atoms with Crippen molar-refractivity contribution in [1.29, 1.82) is 0 Å². The van der Waals surface area contributed by atoms with Crippen molar-refractivity contribution in [2.75, 3.05) is 34.4 Å². The molecule has 1 aliphatic rings. The van der Waals surface area contributed by atoms with Crippen LogP contribution in [0.15, 0.2) is 0 Å². The maximum Gasteiger partial charge on any atom is 0.0469 e. The molecule has 1 rings (SSSR count).